The molecule has 2 aromatic rings. The molecule has 1 amide bonds. The number of hydrogen-bond donors (Lipinski definition) is 0. The lowest BCUT2D eigenvalue weighted by atomic mass is 10.2. The Kier molecular flexibility index (Phi) is 3.95. The van der Waals surface area contributed by atoms with Crippen molar-refractivity contribution in [3.05, 3.63) is 46.9 Å². The van der Waals surface area contributed by atoms with Crippen LogP contribution in [0.15, 0.2) is 41.3 Å². The summed E-state index contributed by atoms with van der Waals surface area (Å²) in [6, 6.07) is 10.9. The summed E-state index contributed by atoms with van der Waals surface area (Å²) in [7, 11) is 0. The van der Waals surface area contributed by atoms with Gasteiger partial charge in [-0.05, 0) is 35.9 Å². The number of thioether (sulfide) groups is 1. The van der Waals surface area contributed by atoms with E-state index in [-0.39, 0.29) is 12.7 Å². The van der Waals surface area contributed by atoms with Gasteiger partial charge in [-0.15, -0.1) is 0 Å². The number of fused-ring (bicyclic) bond motifs is 2. The molecule has 8 heteroatoms. The summed E-state index contributed by atoms with van der Waals surface area (Å²) in [5.41, 5.74) is 1.51. The van der Waals surface area contributed by atoms with E-state index in [1.54, 1.807) is 18.2 Å². The van der Waals surface area contributed by atoms with E-state index in [2.05, 4.69) is 0 Å². The fourth-order valence-corrected chi connectivity index (χ4v) is 4.31. The van der Waals surface area contributed by atoms with Crippen molar-refractivity contribution in [3.8, 4) is 23.0 Å². The highest BCUT2D eigenvalue weighted by Gasteiger charge is 2.34. The van der Waals surface area contributed by atoms with Crippen molar-refractivity contribution in [1.82, 2.24) is 0 Å². The summed E-state index contributed by atoms with van der Waals surface area (Å²) in [6.07, 6.45) is 1.80. The first-order chi connectivity index (χ1) is 13.2. The molecule has 0 aromatic heterocycles. The quantitative estimate of drug-likeness (QED) is 0.565. The summed E-state index contributed by atoms with van der Waals surface area (Å²) in [5, 5.41) is 0. The lowest BCUT2D eigenvalue weighted by Gasteiger charge is -2.21. The van der Waals surface area contributed by atoms with Crippen molar-refractivity contribution in [2.75, 3.05) is 24.9 Å². The van der Waals surface area contributed by atoms with Gasteiger partial charge in [-0.2, -0.15) is 0 Å². The van der Waals surface area contributed by atoms with Crippen LogP contribution in [0.25, 0.3) is 6.08 Å². The van der Waals surface area contributed by atoms with Crippen molar-refractivity contribution in [2.45, 2.75) is 0 Å². The number of anilines is 1. The highest BCUT2D eigenvalue weighted by Crippen LogP contribution is 2.41. The molecule has 0 aliphatic carbocycles. The summed E-state index contributed by atoms with van der Waals surface area (Å²) in [6.45, 7) is 1.22. The van der Waals surface area contributed by atoms with Gasteiger partial charge in [0.15, 0.2) is 27.3 Å². The molecule has 0 N–H and O–H groups in total. The fourth-order valence-electron chi connectivity index (χ4n) is 3.02. The fraction of sp³-hybridized carbons (Fsp3) is 0.158. The predicted octanol–water partition coefficient (Wildman–Crippen LogP) is 3.59. The second-order valence-corrected chi connectivity index (χ2v) is 7.63. The van der Waals surface area contributed by atoms with Gasteiger partial charge in [-0.1, -0.05) is 30.0 Å². The van der Waals surface area contributed by atoms with Crippen molar-refractivity contribution < 1.29 is 23.7 Å². The summed E-state index contributed by atoms with van der Waals surface area (Å²) >= 11 is 6.70. The van der Waals surface area contributed by atoms with Crippen LogP contribution in [-0.4, -0.2) is 30.2 Å². The van der Waals surface area contributed by atoms with Crippen LogP contribution in [0.3, 0.4) is 0 Å². The molecular formula is C19H13NO5S2. The summed E-state index contributed by atoms with van der Waals surface area (Å²) in [4.78, 5) is 15.0. The van der Waals surface area contributed by atoms with E-state index in [0.29, 0.717) is 51.1 Å². The Morgan fingerprint density at radius 2 is 1.63 bits per heavy atom. The zero-order valence-electron chi connectivity index (χ0n) is 14.0. The maximum Gasteiger partial charge on any atom is 0.270 e. The standard InChI is InChI=1S/C19H13NO5S2/c21-18-17(8-11-1-3-14-15(7-11)25-10-24-14)27-19(26)20(18)12-2-4-13-16(9-12)23-6-5-22-13/h1-4,7-9H,5-6,10H2/b17-8+. The molecule has 6 nitrogen and oxygen atoms in total. The molecule has 136 valence electrons. The van der Waals surface area contributed by atoms with E-state index in [0.717, 1.165) is 5.56 Å². The van der Waals surface area contributed by atoms with Crippen molar-refractivity contribution in [2.24, 2.45) is 0 Å². The van der Waals surface area contributed by atoms with Gasteiger partial charge in [-0.25, -0.2) is 0 Å². The Hall–Kier alpha value is -2.71. The number of carbonyl (C=O) groups is 1. The number of thiocarbonyl (C=S) groups is 1. The minimum absolute atomic E-state index is 0.167. The first-order valence-corrected chi connectivity index (χ1v) is 9.49. The number of carbonyl (C=O) groups excluding carboxylic acids is 1. The number of amides is 1. The topological polar surface area (TPSA) is 57.2 Å². The summed E-state index contributed by atoms with van der Waals surface area (Å²) < 4.78 is 22.3. The maximum atomic E-state index is 12.9. The Bertz CT molecular complexity index is 1000. The molecule has 5 rings (SSSR count). The van der Waals surface area contributed by atoms with Crippen LogP contribution in [0.2, 0.25) is 0 Å². The van der Waals surface area contributed by atoms with Gasteiger partial charge in [0.05, 0.1) is 10.6 Å². The highest BCUT2D eigenvalue weighted by molar-refractivity contribution is 8.27. The molecule has 0 unspecified atom stereocenters. The van der Waals surface area contributed by atoms with Crippen LogP contribution >= 0.6 is 24.0 Å². The molecule has 3 aliphatic rings. The van der Waals surface area contributed by atoms with E-state index < -0.39 is 0 Å². The van der Waals surface area contributed by atoms with Gasteiger partial charge >= 0.3 is 0 Å². The molecule has 3 heterocycles. The van der Waals surface area contributed by atoms with Crippen LogP contribution in [-0.2, 0) is 4.79 Å². The predicted molar refractivity (Wildman–Crippen MR) is 106 cm³/mol. The maximum absolute atomic E-state index is 12.9. The van der Waals surface area contributed by atoms with Gasteiger partial charge in [0.1, 0.15) is 13.2 Å². The average Bonchev–Trinajstić information content (AvgIpc) is 3.25. The molecule has 1 saturated heterocycles. The normalized spacial score (nSPS) is 19.1. The van der Waals surface area contributed by atoms with Crippen LogP contribution in [0.1, 0.15) is 5.56 Å². The lowest BCUT2D eigenvalue weighted by Crippen LogP contribution is -2.27. The Labute approximate surface area is 164 Å². The monoisotopic (exact) mass is 399 g/mol. The van der Waals surface area contributed by atoms with Crippen LogP contribution in [0.4, 0.5) is 5.69 Å². The van der Waals surface area contributed by atoms with Crippen LogP contribution < -0.4 is 23.8 Å². The molecule has 1 fully saturated rings. The van der Waals surface area contributed by atoms with Gasteiger partial charge in [0.2, 0.25) is 6.79 Å². The van der Waals surface area contributed by atoms with Crippen molar-refractivity contribution >= 4 is 46.0 Å². The van der Waals surface area contributed by atoms with Gasteiger partial charge in [-0.3, -0.25) is 9.69 Å². The highest BCUT2D eigenvalue weighted by atomic mass is 32.2. The second-order valence-electron chi connectivity index (χ2n) is 5.96. The Morgan fingerprint density at radius 3 is 2.52 bits per heavy atom. The average molecular weight is 399 g/mol. The minimum atomic E-state index is -0.167. The molecule has 0 spiro atoms. The molecule has 0 atom stereocenters. The zero-order valence-corrected chi connectivity index (χ0v) is 15.6. The van der Waals surface area contributed by atoms with E-state index in [9.17, 15) is 4.79 Å². The number of rotatable bonds is 2. The van der Waals surface area contributed by atoms with Crippen molar-refractivity contribution in [1.29, 1.82) is 0 Å². The molecule has 0 radical (unpaired) electrons. The first-order valence-electron chi connectivity index (χ1n) is 8.26. The smallest absolute Gasteiger partial charge is 0.270 e. The van der Waals surface area contributed by atoms with Crippen molar-refractivity contribution in [3.63, 3.8) is 0 Å². The number of ether oxygens (including phenoxy) is 4. The van der Waals surface area contributed by atoms with Gasteiger partial charge in [0, 0.05) is 6.07 Å². The minimum Gasteiger partial charge on any atom is -0.486 e. The van der Waals surface area contributed by atoms with Crippen LogP contribution in [0, 0.1) is 0 Å². The SMILES string of the molecule is O=C1/C(=C\c2ccc3c(c2)OCO3)SC(=S)N1c1ccc2c(c1)OCCO2. The second kappa shape index (κ2) is 6.47. The molecular weight excluding hydrogens is 386 g/mol. The molecule has 27 heavy (non-hydrogen) atoms. The first kappa shape index (κ1) is 16.5. The Balaban J connectivity index is 1.45. The molecule has 0 saturated carbocycles. The third kappa shape index (κ3) is 2.90. The largest absolute Gasteiger partial charge is 0.486 e. The molecule has 2 aromatic carbocycles. The van der Waals surface area contributed by atoms with Gasteiger partial charge in [0.25, 0.3) is 5.91 Å². The van der Waals surface area contributed by atoms with E-state index in [1.165, 1.54) is 16.7 Å². The lowest BCUT2D eigenvalue weighted by molar-refractivity contribution is -0.113. The third-order valence-corrected chi connectivity index (χ3v) is 5.57. The third-order valence-electron chi connectivity index (χ3n) is 4.27. The number of benzene rings is 2. The number of hydrogen-bond acceptors (Lipinski definition) is 7. The van der Waals surface area contributed by atoms with Gasteiger partial charge < -0.3 is 18.9 Å². The summed E-state index contributed by atoms with van der Waals surface area (Å²) in [5.74, 6) is 2.50. The Morgan fingerprint density at radius 1 is 0.926 bits per heavy atom. The van der Waals surface area contributed by atoms with E-state index >= 15 is 0 Å². The van der Waals surface area contributed by atoms with E-state index in [4.69, 9.17) is 31.2 Å². The molecule has 0 bridgehead atoms. The zero-order chi connectivity index (χ0) is 18.4. The number of nitrogens with zero attached hydrogens (tertiary/aromatic N) is 1. The van der Waals surface area contributed by atoms with Crippen LogP contribution in [0.5, 0.6) is 23.0 Å². The van der Waals surface area contributed by atoms with E-state index in [1.807, 2.05) is 24.3 Å². The molecule has 3 aliphatic heterocycles.